The molecule has 1 aliphatic rings. The predicted molar refractivity (Wildman–Crippen MR) is 82.3 cm³/mol. The fourth-order valence-electron chi connectivity index (χ4n) is 2.87. The van der Waals surface area contributed by atoms with Gasteiger partial charge in [0.2, 0.25) is 0 Å². The molecule has 1 N–H and O–H groups in total. The van der Waals surface area contributed by atoms with Gasteiger partial charge in [0.25, 0.3) is 0 Å². The minimum absolute atomic E-state index is 0.938. The van der Waals surface area contributed by atoms with Crippen LogP contribution in [0.5, 0.6) is 0 Å². The lowest BCUT2D eigenvalue weighted by molar-refractivity contribution is 0.172. The molecule has 0 aliphatic carbocycles. The van der Waals surface area contributed by atoms with Gasteiger partial charge in [0.15, 0.2) is 0 Å². The Bertz CT molecular complexity index is 350. The molecule has 106 valence electrons. The first-order valence-electron chi connectivity index (χ1n) is 7.76. The molecule has 1 fully saturated rings. The predicted octanol–water partition coefficient (Wildman–Crippen LogP) is 3.21. The third kappa shape index (κ3) is 4.96. The standard InChI is InChI=1S/C17H28N2/c1-3-18-11-8-16-9-12-19(13-10-16)14-17-6-4-15(2)5-7-17/h4-7,16,18H,3,8-14H2,1-2H3. The third-order valence-corrected chi connectivity index (χ3v) is 4.21. The molecular weight excluding hydrogens is 232 g/mol. The van der Waals surface area contributed by atoms with Crippen LogP contribution in [0.3, 0.4) is 0 Å². The Kier molecular flexibility index (Phi) is 5.87. The van der Waals surface area contributed by atoms with Crippen LogP contribution in [0, 0.1) is 12.8 Å². The summed E-state index contributed by atoms with van der Waals surface area (Å²) in [4.78, 5) is 2.61. The molecule has 0 radical (unpaired) electrons. The maximum Gasteiger partial charge on any atom is 0.0233 e. The van der Waals surface area contributed by atoms with Gasteiger partial charge in [0, 0.05) is 6.54 Å². The normalized spacial score (nSPS) is 17.8. The van der Waals surface area contributed by atoms with Crippen molar-refractivity contribution in [2.75, 3.05) is 26.2 Å². The van der Waals surface area contributed by atoms with Crippen LogP contribution in [0.25, 0.3) is 0 Å². The van der Waals surface area contributed by atoms with Gasteiger partial charge in [-0.15, -0.1) is 0 Å². The van der Waals surface area contributed by atoms with Gasteiger partial charge in [-0.05, 0) is 63.8 Å². The number of nitrogens with zero attached hydrogens (tertiary/aromatic N) is 1. The first-order valence-corrected chi connectivity index (χ1v) is 7.76. The van der Waals surface area contributed by atoms with Crippen molar-refractivity contribution in [3.63, 3.8) is 0 Å². The summed E-state index contributed by atoms with van der Waals surface area (Å²) in [6, 6.07) is 8.98. The number of piperidine rings is 1. The highest BCUT2D eigenvalue weighted by molar-refractivity contribution is 5.21. The van der Waals surface area contributed by atoms with Crippen molar-refractivity contribution in [2.24, 2.45) is 5.92 Å². The van der Waals surface area contributed by atoms with Crippen molar-refractivity contribution in [1.82, 2.24) is 10.2 Å². The molecule has 0 amide bonds. The first kappa shape index (κ1) is 14.5. The van der Waals surface area contributed by atoms with Crippen molar-refractivity contribution in [1.29, 1.82) is 0 Å². The van der Waals surface area contributed by atoms with Crippen molar-refractivity contribution in [2.45, 2.75) is 39.7 Å². The molecule has 0 saturated carbocycles. The zero-order valence-corrected chi connectivity index (χ0v) is 12.5. The third-order valence-electron chi connectivity index (χ3n) is 4.21. The van der Waals surface area contributed by atoms with Crippen LogP contribution in [0.2, 0.25) is 0 Å². The summed E-state index contributed by atoms with van der Waals surface area (Å²) in [5.74, 6) is 0.938. The summed E-state index contributed by atoms with van der Waals surface area (Å²) in [5.41, 5.74) is 2.81. The van der Waals surface area contributed by atoms with Gasteiger partial charge in [-0.25, -0.2) is 0 Å². The number of rotatable bonds is 6. The van der Waals surface area contributed by atoms with E-state index in [2.05, 4.69) is 48.3 Å². The molecule has 0 spiro atoms. The summed E-state index contributed by atoms with van der Waals surface area (Å²) in [5, 5.41) is 3.44. The summed E-state index contributed by atoms with van der Waals surface area (Å²) in [6.07, 6.45) is 4.10. The Morgan fingerprint density at radius 1 is 1.16 bits per heavy atom. The Labute approximate surface area is 118 Å². The minimum Gasteiger partial charge on any atom is -0.317 e. The van der Waals surface area contributed by atoms with E-state index in [1.165, 1.54) is 50.0 Å². The van der Waals surface area contributed by atoms with Gasteiger partial charge in [0.05, 0.1) is 0 Å². The second-order valence-corrected chi connectivity index (χ2v) is 5.85. The van der Waals surface area contributed by atoms with E-state index < -0.39 is 0 Å². The number of aryl methyl sites for hydroxylation is 1. The summed E-state index contributed by atoms with van der Waals surface area (Å²) >= 11 is 0. The molecule has 0 unspecified atom stereocenters. The molecule has 1 aliphatic heterocycles. The number of hydrogen-bond donors (Lipinski definition) is 1. The molecule has 0 atom stereocenters. The molecule has 19 heavy (non-hydrogen) atoms. The SMILES string of the molecule is CCNCCC1CCN(Cc2ccc(C)cc2)CC1. The molecule has 1 aromatic carbocycles. The molecule has 0 aromatic heterocycles. The Balaban J connectivity index is 1.69. The summed E-state index contributed by atoms with van der Waals surface area (Å²) < 4.78 is 0. The van der Waals surface area contributed by atoms with Crippen LogP contribution in [0.15, 0.2) is 24.3 Å². The zero-order chi connectivity index (χ0) is 13.5. The van der Waals surface area contributed by atoms with Gasteiger partial charge >= 0.3 is 0 Å². The van der Waals surface area contributed by atoms with E-state index in [4.69, 9.17) is 0 Å². The van der Waals surface area contributed by atoms with E-state index in [1.54, 1.807) is 0 Å². The fourth-order valence-corrected chi connectivity index (χ4v) is 2.87. The van der Waals surface area contributed by atoms with E-state index in [-0.39, 0.29) is 0 Å². The highest BCUT2D eigenvalue weighted by atomic mass is 15.1. The number of benzene rings is 1. The highest BCUT2D eigenvalue weighted by Gasteiger charge is 2.18. The average Bonchev–Trinajstić information content (AvgIpc) is 2.44. The van der Waals surface area contributed by atoms with Gasteiger partial charge in [-0.1, -0.05) is 36.8 Å². The van der Waals surface area contributed by atoms with Crippen LogP contribution >= 0.6 is 0 Å². The lowest BCUT2D eigenvalue weighted by Crippen LogP contribution is -2.34. The second-order valence-electron chi connectivity index (χ2n) is 5.85. The quantitative estimate of drug-likeness (QED) is 0.790. The average molecular weight is 260 g/mol. The van der Waals surface area contributed by atoms with Crippen LogP contribution in [0.4, 0.5) is 0 Å². The maximum atomic E-state index is 3.44. The van der Waals surface area contributed by atoms with E-state index in [1.807, 2.05) is 0 Å². The van der Waals surface area contributed by atoms with Gasteiger partial charge < -0.3 is 5.32 Å². The molecule has 2 rings (SSSR count). The fraction of sp³-hybridized carbons (Fsp3) is 0.647. The Morgan fingerprint density at radius 2 is 1.84 bits per heavy atom. The second kappa shape index (κ2) is 7.66. The van der Waals surface area contributed by atoms with Crippen LogP contribution in [-0.4, -0.2) is 31.1 Å². The van der Waals surface area contributed by atoms with E-state index in [9.17, 15) is 0 Å². The van der Waals surface area contributed by atoms with Crippen molar-refractivity contribution >= 4 is 0 Å². The smallest absolute Gasteiger partial charge is 0.0233 e. The number of hydrogen-bond acceptors (Lipinski definition) is 2. The maximum absolute atomic E-state index is 3.44. The molecular formula is C17H28N2. The lowest BCUT2D eigenvalue weighted by atomic mass is 9.93. The van der Waals surface area contributed by atoms with E-state index in [0.717, 1.165) is 19.0 Å². The lowest BCUT2D eigenvalue weighted by Gasteiger charge is -2.32. The minimum atomic E-state index is 0.938. The van der Waals surface area contributed by atoms with Crippen molar-refractivity contribution in [3.8, 4) is 0 Å². The van der Waals surface area contributed by atoms with Crippen molar-refractivity contribution < 1.29 is 0 Å². The van der Waals surface area contributed by atoms with Gasteiger partial charge in [0.1, 0.15) is 0 Å². The zero-order valence-electron chi connectivity index (χ0n) is 12.5. The molecule has 2 heteroatoms. The Morgan fingerprint density at radius 3 is 2.47 bits per heavy atom. The first-order chi connectivity index (χ1) is 9.28. The molecule has 1 aromatic rings. The number of likely N-dealkylation sites (tertiary alicyclic amines) is 1. The molecule has 1 saturated heterocycles. The summed E-state index contributed by atoms with van der Waals surface area (Å²) in [6.45, 7) is 10.3. The van der Waals surface area contributed by atoms with Crippen LogP contribution < -0.4 is 5.32 Å². The van der Waals surface area contributed by atoms with E-state index in [0.29, 0.717) is 0 Å². The highest BCUT2D eigenvalue weighted by Crippen LogP contribution is 2.21. The van der Waals surface area contributed by atoms with Crippen molar-refractivity contribution in [3.05, 3.63) is 35.4 Å². The molecule has 2 nitrogen and oxygen atoms in total. The van der Waals surface area contributed by atoms with Crippen LogP contribution in [0.1, 0.15) is 37.3 Å². The molecule has 0 bridgehead atoms. The number of nitrogens with one attached hydrogen (secondary N) is 1. The molecule has 1 heterocycles. The topological polar surface area (TPSA) is 15.3 Å². The summed E-state index contributed by atoms with van der Waals surface area (Å²) in [7, 11) is 0. The van der Waals surface area contributed by atoms with Gasteiger partial charge in [-0.3, -0.25) is 4.90 Å². The van der Waals surface area contributed by atoms with Gasteiger partial charge in [-0.2, -0.15) is 0 Å². The Hall–Kier alpha value is -0.860. The monoisotopic (exact) mass is 260 g/mol. The van der Waals surface area contributed by atoms with Crippen LogP contribution in [-0.2, 0) is 6.54 Å². The van der Waals surface area contributed by atoms with E-state index >= 15 is 0 Å². The largest absolute Gasteiger partial charge is 0.317 e.